The number of nitrogens with one attached hydrogen (secondary N) is 1. The summed E-state index contributed by atoms with van der Waals surface area (Å²) in [4.78, 5) is 0. The second-order valence-electron chi connectivity index (χ2n) is 4.54. The molecule has 0 aliphatic rings. The van der Waals surface area contributed by atoms with Gasteiger partial charge in [0.15, 0.2) is 0 Å². The molecule has 1 aromatic carbocycles. The van der Waals surface area contributed by atoms with Crippen LogP contribution in [0.15, 0.2) is 22.7 Å². The average molecular weight is 378 g/mol. The van der Waals surface area contributed by atoms with Gasteiger partial charge in [0.05, 0.1) is 16.8 Å². The second-order valence-corrected chi connectivity index (χ2v) is 6.14. The van der Waals surface area contributed by atoms with Gasteiger partial charge in [0.25, 0.3) is 0 Å². The number of nitrogens with zero attached hydrogens (tertiary/aromatic N) is 2. The first kappa shape index (κ1) is 15.8. The van der Waals surface area contributed by atoms with Crippen LogP contribution in [0, 0.1) is 6.92 Å². The number of hydrogen-bond donors (Lipinski definition) is 2. The van der Waals surface area contributed by atoms with Crippen molar-refractivity contribution in [1.29, 1.82) is 0 Å². The van der Waals surface area contributed by atoms with E-state index in [0.717, 1.165) is 21.3 Å². The number of hydrazine groups is 1. The fraction of sp³-hybridized carbons (Fsp3) is 0.308. The molecule has 0 amide bonds. The summed E-state index contributed by atoms with van der Waals surface area (Å²) in [7, 11) is 1.82. The van der Waals surface area contributed by atoms with Gasteiger partial charge in [-0.25, -0.2) is 0 Å². The van der Waals surface area contributed by atoms with E-state index in [1.54, 1.807) is 4.68 Å². The molecule has 3 N–H and O–H groups in total. The van der Waals surface area contributed by atoms with E-state index >= 15 is 0 Å². The molecule has 0 aliphatic carbocycles. The molecule has 0 bridgehead atoms. The Kier molecular flexibility index (Phi) is 5.09. The standard InChI is InChI=1S/C13H15BrCl2N4/c1-7-9(13(16)20(2)19-7)6-11(18-17)8-4-3-5-10(14)12(8)15/h3-5,11,18H,6,17H2,1-2H3. The van der Waals surface area contributed by atoms with Gasteiger partial charge >= 0.3 is 0 Å². The Morgan fingerprint density at radius 2 is 2.15 bits per heavy atom. The molecule has 7 heteroatoms. The van der Waals surface area contributed by atoms with Crippen LogP contribution in [0.4, 0.5) is 0 Å². The van der Waals surface area contributed by atoms with Gasteiger partial charge in [-0.3, -0.25) is 16.0 Å². The van der Waals surface area contributed by atoms with E-state index in [1.807, 2.05) is 32.2 Å². The number of aryl methyl sites for hydroxylation is 2. The van der Waals surface area contributed by atoms with E-state index < -0.39 is 0 Å². The minimum atomic E-state index is -0.139. The van der Waals surface area contributed by atoms with Gasteiger partial charge in [-0.05, 0) is 40.9 Å². The number of aromatic nitrogens is 2. The van der Waals surface area contributed by atoms with Crippen LogP contribution in [-0.4, -0.2) is 9.78 Å². The molecule has 2 aromatic rings. The fourth-order valence-corrected chi connectivity index (χ4v) is 3.05. The van der Waals surface area contributed by atoms with Crippen LogP contribution in [0.25, 0.3) is 0 Å². The second kappa shape index (κ2) is 6.45. The summed E-state index contributed by atoms with van der Waals surface area (Å²) >= 11 is 16.0. The lowest BCUT2D eigenvalue weighted by molar-refractivity contribution is 0.551. The molecular formula is C13H15BrCl2N4. The Balaban J connectivity index is 2.36. The highest BCUT2D eigenvalue weighted by molar-refractivity contribution is 9.10. The van der Waals surface area contributed by atoms with Crippen molar-refractivity contribution in [3.05, 3.63) is 49.7 Å². The zero-order chi connectivity index (χ0) is 14.9. The third-order valence-corrected chi connectivity index (χ3v) is 5.02. The van der Waals surface area contributed by atoms with Crippen molar-refractivity contribution >= 4 is 39.1 Å². The molecule has 0 radical (unpaired) electrons. The van der Waals surface area contributed by atoms with Crippen LogP contribution in [0.5, 0.6) is 0 Å². The molecule has 1 atom stereocenters. The van der Waals surface area contributed by atoms with Crippen molar-refractivity contribution in [2.75, 3.05) is 0 Å². The van der Waals surface area contributed by atoms with E-state index in [-0.39, 0.29) is 6.04 Å². The SMILES string of the molecule is Cc1nn(C)c(Cl)c1CC(NN)c1cccc(Br)c1Cl. The van der Waals surface area contributed by atoms with Crippen LogP contribution in [0.3, 0.4) is 0 Å². The Morgan fingerprint density at radius 3 is 2.70 bits per heavy atom. The van der Waals surface area contributed by atoms with Crippen LogP contribution in [-0.2, 0) is 13.5 Å². The summed E-state index contributed by atoms with van der Waals surface area (Å²) in [5.74, 6) is 5.68. The van der Waals surface area contributed by atoms with Gasteiger partial charge in [0.2, 0.25) is 0 Å². The maximum atomic E-state index is 6.32. The van der Waals surface area contributed by atoms with Gasteiger partial charge in [-0.1, -0.05) is 35.3 Å². The van der Waals surface area contributed by atoms with Crippen molar-refractivity contribution < 1.29 is 0 Å². The van der Waals surface area contributed by atoms with E-state index in [9.17, 15) is 0 Å². The van der Waals surface area contributed by atoms with Crippen LogP contribution in [0.2, 0.25) is 10.2 Å². The predicted molar refractivity (Wildman–Crippen MR) is 85.9 cm³/mol. The third kappa shape index (κ3) is 3.02. The van der Waals surface area contributed by atoms with Crippen LogP contribution >= 0.6 is 39.1 Å². The molecular weight excluding hydrogens is 363 g/mol. The molecule has 4 nitrogen and oxygen atoms in total. The highest BCUT2D eigenvalue weighted by Crippen LogP contribution is 2.33. The first-order valence-corrected chi connectivity index (χ1v) is 7.58. The van der Waals surface area contributed by atoms with Crippen LogP contribution in [0.1, 0.15) is 22.9 Å². The molecule has 1 heterocycles. The summed E-state index contributed by atoms with van der Waals surface area (Å²) in [6.07, 6.45) is 0.616. The molecule has 1 aromatic heterocycles. The lowest BCUT2D eigenvalue weighted by Gasteiger charge is -2.18. The molecule has 1 unspecified atom stereocenters. The van der Waals surface area contributed by atoms with Crippen molar-refractivity contribution in [2.45, 2.75) is 19.4 Å². The number of halogens is 3. The van der Waals surface area contributed by atoms with Gasteiger partial charge in [0.1, 0.15) is 5.15 Å². The van der Waals surface area contributed by atoms with Crippen molar-refractivity contribution in [1.82, 2.24) is 15.2 Å². The van der Waals surface area contributed by atoms with E-state index in [2.05, 4.69) is 26.5 Å². The number of nitrogens with two attached hydrogens (primary N) is 1. The Bertz CT molecular complexity index is 627. The minimum Gasteiger partial charge on any atom is -0.271 e. The molecule has 20 heavy (non-hydrogen) atoms. The molecule has 0 aliphatic heterocycles. The molecule has 0 saturated carbocycles. The van der Waals surface area contributed by atoms with Gasteiger partial charge in [-0.15, -0.1) is 0 Å². The topological polar surface area (TPSA) is 55.9 Å². The predicted octanol–water partition coefficient (Wildman–Crippen LogP) is 3.54. The third-order valence-electron chi connectivity index (χ3n) is 3.24. The highest BCUT2D eigenvalue weighted by Gasteiger charge is 2.20. The summed E-state index contributed by atoms with van der Waals surface area (Å²) in [6, 6.07) is 5.62. The summed E-state index contributed by atoms with van der Waals surface area (Å²) in [5.41, 5.74) is 5.58. The normalized spacial score (nSPS) is 12.7. The minimum absolute atomic E-state index is 0.139. The van der Waals surface area contributed by atoms with Crippen molar-refractivity contribution in [3.8, 4) is 0 Å². The van der Waals surface area contributed by atoms with Gasteiger partial charge in [-0.2, -0.15) is 5.10 Å². The van der Waals surface area contributed by atoms with Crippen molar-refractivity contribution in [3.63, 3.8) is 0 Å². The summed E-state index contributed by atoms with van der Waals surface area (Å²) in [5, 5.41) is 5.57. The Hall–Kier alpha value is -0.590. The maximum Gasteiger partial charge on any atom is 0.130 e. The number of rotatable bonds is 4. The largest absolute Gasteiger partial charge is 0.271 e. The molecule has 2 rings (SSSR count). The van der Waals surface area contributed by atoms with Gasteiger partial charge in [0, 0.05) is 17.1 Å². The summed E-state index contributed by atoms with van der Waals surface area (Å²) in [6.45, 7) is 1.93. The van der Waals surface area contributed by atoms with Gasteiger partial charge < -0.3 is 0 Å². The van der Waals surface area contributed by atoms with Crippen LogP contribution < -0.4 is 11.3 Å². The zero-order valence-corrected chi connectivity index (χ0v) is 14.2. The van der Waals surface area contributed by atoms with E-state index in [1.165, 1.54) is 0 Å². The first-order valence-electron chi connectivity index (χ1n) is 6.03. The average Bonchev–Trinajstić information content (AvgIpc) is 2.65. The van der Waals surface area contributed by atoms with Crippen molar-refractivity contribution in [2.24, 2.45) is 12.9 Å². The lowest BCUT2D eigenvalue weighted by atomic mass is 10.00. The quantitative estimate of drug-likeness (QED) is 0.632. The number of benzene rings is 1. The smallest absolute Gasteiger partial charge is 0.130 e. The molecule has 0 saturated heterocycles. The maximum absolute atomic E-state index is 6.32. The Labute approximate surface area is 136 Å². The lowest BCUT2D eigenvalue weighted by Crippen LogP contribution is -2.30. The molecule has 0 spiro atoms. The number of hydrogen-bond acceptors (Lipinski definition) is 3. The molecule has 108 valence electrons. The van der Waals surface area contributed by atoms with E-state index in [4.69, 9.17) is 29.0 Å². The molecule has 0 fully saturated rings. The summed E-state index contributed by atoms with van der Waals surface area (Å²) < 4.78 is 2.49. The highest BCUT2D eigenvalue weighted by atomic mass is 79.9. The fourth-order valence-electron chi connectivity index (χ4n) is 2.16. The van der Waals surface area contributed by atoms with E-state index in [0.29, 0.717) is 16.6 Å². The zero-order valence-electron chi connectivity index (χ0n) is 11.1. The Morgan fingerprint density at radius 1 is 1.45 bits per heavy atom. The monoisotopic (exact) mass is 376 g/mol. The first-order chi connectivity index (χ1) is 9.45.